The molecule has 0 aromatic heterocycles. The molecule has 3 aliphatic rings. The van der Waals surface area contributed by atoms with Crippen LogP contribution in [0.2, 0.25) is 0 Å². The van der Waals surface area contributed by atoms with Gasteiger partial charge in [-0.2, -0.15) is 0 Å². The van der Waals surface area contributed by atoms with Crippen LogP contribution in [0.4, 0.5) is 11.4 Å². The van der Waals surface area contributed by atoms with Gasteiger partial charge in [0.2, 0.25) is 11.8 Å². The topological polar surface area (TPSA) is 84.9 Å². The Bertz CT molecular complexity index is 1370. The average Bonchev–Trinajstić information content (AvgIpc) is 3.27. The number of allylic oxidation sites excluding steroid dienone is 2. The Kier molecular flexibility index (Phi) is 6.38. The van der Waals surface area contributed by atoms with E-state index in [1.807, 2.05) is 0 Å². The first-order chi connectivity index (χ1) is 17.4. The van der Waals surface area contributed by atoms with Gasteiger partial charge >= 0.3 is 0 Å². The summed E-state index contributed by atoms with van der Waals surface area (Å²) in [5, 5.41) is 2.34. The van der Waals surface area contributed by atoms with Crippen molar-refractivity contribution in [1.29, 1.82) is 0 Å². The van der Waals surface area contributed by atoms with Crippen LogP contribution in [-0.4, -0.2) is 46.0 Å². The molecule has 2 aromatic carbocycles. The molecular formula is C24H16Cl6N2O5. The fraction of sp³-hybridized carbons (Fsp3) is 0.292. The number of amides is 3. The third-order valence-corrected chi connectivity index (χ3v) is 11.2. The van der Waals surface area contributed by atoms with E-state index < -0.39 is 43.6 Å². The molecule has 2 aliphatic carbocycles. The van der Waals surface area contributed by atoms with Gasteiger partial charge in [0.25, 0.3) is 5.91 Å². The highest BCUT2D eigenvalue weighted by Crippen LogP contribution is 2.77. The van der Waals surface area contributed by atoms with Crippen molar-refractivity contribution < 1.29 is 23.9 Å². The van der Waals surface area contributed by atoms with E-state index in [2.05, 4.69) is 5.32 Å². The third-order valence-electron chi connectivity index (χ3n) is 6.96. The summed E-state index contributed by atoms with van der Waals surface area (Å²) in [6.07, 6.45) is 0. The summed E-state index contributed by atoms with van der Waals surface area (Å²) in [6, 6.07) is 10.9. The van der Waals surface area contributed by atoms with Crippen LogP contribution in [0.3, 0.4) is 0 Å². The minimum atomic E-state index is -2.05. The zero-order chi connectivity index (χ0) is 27.1. The van der Waals surface area contributed by atoms with Crippen molar-refractivity contribution in [1.82, 2.24) is 0 Å². The highest BCUT2D eigenvalue weighted by Gasteiger charge is 2.87. The van der Waals surface area contributed by atoms with E-state index >= 15 is 0 Å². The highest BCUT2D eigenvalue weighted by molar-refractivity contribution is 6.67. The summed E-state index contributed by atoms with van der Waals surface area (Å²) in [4.78, 5) is 37.8. The number of nitrogens with one attached hydrogen (secondary N) is 1. The highest BCUT2D eigenvalue weighted by atomic mass is 35.5. The fourth-order valence-corrected chi connectivity index (χ4v) is 8.11. The molecule has 1 N–H and O–H groups in total. The first-order valence-corrected chi connectivity index (χ1v) is 13.0. The van der Waals surface area contributed by atoms with Crippen LogP contribution in [-0.2, 0) is 9.59 Å². The molecule has 7 nitrogen and oxygen atoms in total. The first-order valence-electron chi connectivity index (χ1n) is 10.7. The van der Waals surface area contributed by atoms with Crippen LogP contribution >= 0.6 is 69.6 Å². The second-order valence-corrected chi connectivity index (χ2v) is 11.9. The number of hydrogen-bond acceptors (Lipinski definition) is 5. The van der Waals surface area contributed by atoms with Gasteiger partial charge < -0.3 is 14.8 Å². The van der Waals surface area contributed by atoms with E-state index in [4.69, 9.17) is 79.1 Å². The summed E-state index contributed by atoms with van der Waals surface area (Å²) in [5.74, 6) is -3.91. The molecule has 1 saturated carbocycles. The number of fused-ring (bicyclic) bond motifs is 5. The number of halogens is 6. The van der Waals surface area contributed by atoms with Crippen molar-refractivity contribution in [3.63, 3.8) is 0 Å². The lowest BCUT2D eigenvalue weighted by Gasteiger charge is -2.34. The maximum absolute atomic E-state index is 13.7. The maximum Gasteiger partial charge on any atom is 0.257 e. The van der Waals surface area contributed by atoms with Crippen molar-refractivity contribution in [3.05, 3.63) is 58.1 Å². The van der Waals surface area contributed by atoms with Crippen molar-refractivity contribution in [3.8, 4) is 11.5 Å². The largest absolute Gasteiger partial charge is 0.497 e. The molecule has 1 heterocycles. The predicted octanol–water partition coefficient (Wildman–Crippen LogP) is 5.91. The lowest BCUT2D eigenvalue weighted by Crippen LogP contribution is -2.50. The first kappa shape index (κ1) is 26.7. The quantitative estimate of drug-likeness (QED) is 0.330. The Morgan fingerprint density at radius 3 is 2.00 bits per heavy atom. The molecule has 0 unspecified atom stereocenters. The number of carbonyl (C=O) groups is 3. The molecule has 1 aliphatic heterocycles. The van der Waals surface area contributed by atoms with E-state index in [0.29, 0.717) is 17.2 Å². The van der Waals surface area contributed by atoms with Crippen LogP contribution < -0.4 is 19.7 Å². The number of anilines is 2. The van der Waals surface area contributed by atoms with Crippen molar-refractivity contribution in [2.75, 3.05) is 24.4 Å². The standard InChI is InChI=1S/C24H16Cl6N2O5/c1-36-10-7-8-12(14(9-10)37-2)31-19(33)11-5-3-4-6-13(11)32-20(34)15-16(21(32)35)23(28)18(26)17(25)22(15,27)24(23,29)30/h3-9,15-16H,1-2H3,(H,31,33)/t15-,16+,22-,23-/m1/s1. The molecule has 5 rings (SSSR count). The van der Waals surface area contributed by atoms with Gasteiger partial charge in [-0.1, -0.05) is 58.5 Å². The van der Waals surface area contributed by atoms with Gasteiger partial charge in [0.1, 0.15) is 21.2 Å². The van der Waals surface area contributed by atoms with Gasteiger partial charge in [0.15, 0.2) is 4.33 Å². The molecular weight excluding hydrogens is 609 g/mol. The number of hydrogen-bond donors (Lipinski definition) is 1. The predicted molar refractivity (Wildman–Crippen MR) is 144 cm³/mol. The molecule has 1 saturated heterocycles. The summed E-state index contributed by atoms with van der Waals surface area (Å²) in [6.45, 7) is 0. The van der Waals surface area contributed by atoms with Gasteiger partial charge in [-0.25, -0.2) is 4.90 Å². The lowest BCUT2D eigenvalue weighted by molar-refractivity contribution is -0.123. The summed E-state index contributed by atoms with van der Waals surface area (Å²) in [7, 11) is 2.94. The van der Waals surface area contributed by atoms with Crippen molar-refractivity contribution in [2.24, 2.45) is 11.8 Å². The second-order valence-electron chi connectivity index (χ2n) is 8.63. The number of carbonyl (C=O) groups excluding carboxylic acids is 3. The van der Waals surface area contributed by atoms with E-state index in [9.17, 15) is 14.4 Å². The third kappa shape index (κ3) is 3.25. The molecule has 37 heavy (non-hydrogen) atoms. The SMILES string of the molecule is COc1ccc(NC(=O)c2ccccc2N2C(=O)[C@@H]3[C@H](C2=O)[C@@]2(Cl)C(Cl)=C(Cl)[C@@]3(Cl)C2(Cl)Cl)c(OC)c1. The molecule has 2 fully saturated rings. The van der Waals surface area contributed by atoms with Crippen LogP contribution in [0, 0.1) is 11.8 Å². The van der Waals surface area contributed by atoms with E-state index in [1.165, 1.54) is 26.4 Å². The summed E-state index contributed by atoms with van der Waals surface area (Å²) < 4.78 is 8.46. The summed E-state index contributed by atoms with van der Waals surface area (Å²) in [5.41, 5.74) is 0.377. The normalized spacial score (nSPS) is 29.6. The second kappa shape index (κ2) is 8.83. The van der Waals surface area contributed by atoms with E-state index in [-0.39, 0.29) is 21.3 Å². The Hall–Kier alpha value is -1.87. The average molecular weight is 625 g/mol. The number of ether oxygens (including phenoxy) is 2. The Morgan fingerprint density at radius 1 is 0.892 bits per heavy atom. The number of para-hydroxylation sites is 1. The molecule has 0 radical (unpaired) electrons. The fourth-order valence-electron chi connectivity index (χ4n) is 5.18. The molecule has 2 bridgehead atoms. The molecule has 4 atom stereocenters. The Balaban J connectivity index is 1.54. The molecule has 3 amide bonds. The van der Waals surface area contributed by atoms with Crippen LogP contribution in [0.1, 0.15) is 10.4 Å². The van der Waals surface area contributed by atoms with Crippen molar-refractivity contribution in [2.45, 2.75) is 14.1 Å². The molecule has 13 heteroatoms. The van der Waals surface area contributed by atoms with Crippen LogP contribution in [0.25, 0.3) is 0 Å². The monoisotopic (exact) mass is 622 g/mol. The lowest BCUT2D eigenvalue weighted by atomic mass is 9.84. The number of imide groups is 1. The van der Waals surface area contributed by atoms with Gasteiger partial charge in [0.05, 0.1) is 53.1 Å². The maximum atomic E-state index is 13.7. The van der Waals surface area contributed by atoms with Gasteiger partial charge in [-0.05, 0) is 24.3 Å². The smallest absolute Gasteiger partial charge is 0.257 e. The molecule has 194 valence electrons. The van der Waals surface area contributed by atoms with Gasteiger partial charge in [-0.3, -0.25) is 14.4 Å². The van der Waals surface area contributed by atoms with Gasteiger partial charge in [0, 0.05) is 6.07 Å². The Morgan fingerprint density at radius 2 is 1.46 bits per heavy atom. The Labute approximate surface area is 241 Å². The van der Waals surface area contributed by atoms with E-state index in [0.717, 1.165) is 4.90 Å². The van der Waals surface area contributed by atoms with Gasteiger partial charge in [-0.15, -0.1) is 23.2 Å². The number of alkyl halides is 4. The number of rotatable bonds is 5. The minimum absolute atomic E-state index is 0.0128. The number of methoxy groups -OCH3 is 2. The molecule has 0 spiro atoms. The zero-order valence-corrected chi connectivity index (χ0v) is 23.5. The summed E-state index contributed by atoms with van der Waals surface area (Å²) >= 11 is 39.4. The molecule has 2 aromatic rings. The zero-order valence-electron chi connectivity index (χ0n) is 19.0. The minimum Gasteiger partial charge on any atom is -0.497 e. The van der Waals surface area contributed by atoms with Crippen LogP contribution in [0.5, 0.6) is 11.5 Å². The van der Waals surface area contributed by atoms with Crippen LogP contribution in [0.15, 0.2) is 52.5 Å². The van der Waals surface area contributed by atoms with Crippen molar-refractivity contribution >= 4 is 98.7 Å². The van der Waals surface area contributed by atoms with E-state index in [1.54, 1.807) is 30.3 Å². The number of benzene rings is 2. The number of nitrogens with zero attached hydrogens (tertiary/aromatic N) is 1.